The molecule has 2 aromatic heterocycles. The third-order valence-electron chi connectivity index (χ3n) is 8.06. The van der Waals surface area contributed by atoms with E-state index in [0.717, 1.165) is 62.0 Å². The Morgan fingerprint density at radius 3 is 2.37 bits per heavy atom. The van der Waals surface area contributed by atoms with Crippen molar-refractivity contribution in [3.63, 3.8) is 0 Å². The quantitative estimate of drug-likeness (QED) is 0.352. The molecule has 0 saturated heterocycles. The third kappa shape index (κ3) is 5.67. The zero-order valence-electron chi connectivity index (χ0n) is 21.7. The van der Waals surface area contributed by atoms with Gasteiger partial charge in [0.25, 0.3) is 5.91 Å². The first-order valence-corrected chi connectivity index (χ1v) is 13.8. The molecule has 5 rings (SSSR count). The van der Waals surface area contributed by atoms with Crippen LogP contribution in [-0.2, 0) is 4.79 Å². The molecule has 2 fully saturated rings. The van der Waals surface area contributed by atoms with Gasteiger partial charge < -0.3 is 15.7 Å². The van der Waals surface area contributed by atoms with Gasteiger partial charge in [0.05, 0.1) is 23.6 Å². The summed E-state index contributed by atoms with van der Waals surface area (Å²) in [5, 5.41) is 25.5. The second kappa shape index (κ2) is 11.7. The van der Waals surface area contributed by atoms with Crippen LogP contribution in [-0.4, -0.2) is 38.5 Å². The summed E-state index contributed by atoms with van der Waals surface area (Å²) in [7, 11) is 0. The SMILES string of the molecule is N#Cc1ccc(-c2nc3c(C(=O)NC(CC(=O)O)C4CCCCC4)cccn3c2NC2CCCCC2)cc1. The van der Waals surface area contributed by atoms with E-state index in [2.05, 4.69) is 16.7 Å². The van der Waals surface area contributed by atoms with Crippen LogP contribution in [0.5, 0.6) is 0 Å². The predicted molar refractivity (Wildman–Crippen MR) is 146 cm³/mol. The number of carbonyl (C=O) groups is 2. The average molecular weight is 514 g/mol. The van der Waals surface area contributed by atoms with E-state index in [1.54, 1.807) is 18.2 Å². The lowest BCUT2D eigenvalue weighted by Gasteiger charge is -2.30. The van der Waals surface area contributed by atoms with Crippen LogP contribution in [0, 0.1) is 17.2 Å². The summed E-state index contributed by atoms with van der Waals surface area (Å²) in [4.78, 5) is 30.2. The van der Waals surface area contributed by atoms with Crippen LogP contribution >= 0.6 is 0 Å². The molecule has 3 aromatic rings. The number of hydrogen-bond donors (Lipinski definition) is 3. The molecule has 8 heteroatoms. The fourth-order valence-electron chi connectivity index (χ4n) is 6.03. The lowest BCUT2D eigenvalue weighted by atomic mass is 9.82. The van der Waals surface area contributed by atoms with Crippen LogP contribution < -0.4 is 10.6 Å². The number of aliphatic carboxylic acids is 1. The van der Waals surface area contributed by atoms with Gasteiger partial charge in [-0.1, -0.05) is 50.7 Å². The number of nitrogens with one attached hydrogen (secondary N) is 2. The highest BCUT2D eigenvalue weighted by molar-refractivity contribution is 6.01. The van der Waals surface area contributed by atoms with E-state index < -0.39 is 12.0 Å². The average Bonchev–Trinajstić information content (AvgIpc) is 3.31. The van der Waals surface area contributed by atoms with E-state index in [1.807, 2.05) is 28.8 Å². The zero-order valence-corrected chi connectivity index (χ0v) is 21.7. The van der Waals surface area contributed by atoms with Crippen LogP contribution in [0.15, 0.2) is 42.6 Å². The monoisotopic (exact) mass is 513 g/mol. The van der Waals surface area contributed by atoms with E-state index in [4.69, 9.17) is 4.98 Å². The number of amides is 1. The molecule has 1 amide bonds. The molecule has 0 spiro atoms. The summed E-state index contributed by atoms with van der Waals surface area (Å²) in [6.07, 6.45) is 12.8. The first kappa shape index (κ1) is 25.8. The maximum absolute atomic E-state index is 13.6. The Morgan fingerprint density at radius 1 is 1.03 bits per heavy atom. The summed E-state index contributed by atoms with van der Waals surface area (Å²) in [5.41, 5.74) is 3.12. The fourth-order valence-corrected chi connectivity index (χ4v) is 6.03. The molecule has 0 aliphatic heterocycles. The standard InChI is InChI=1S/C30H35N5O3/c31-19-20-13-15-22(16-14-20)27-29(32-23-10-5-2-6-11-23)35-17-7-12-24(28(35)34-27)30(38)33-25(18-26(36)37)21-8-3-1-4-9-21/h7,12-17,21,23,25,32H,1-6,8-11,18H2,(H,33,38)(H,36,37). The van der Waals surface area contributed by atoms with Crippen LogP contribution in [0.2, 0.25) is 0 Å². The topological polar surface area (TPSA) is 120 Å². The van der Waals surface area contributed by atoms with E-state index in [1.165, 1.54) is 19.3 Å². The molecule has 3 N–H and O–H groups in total. The van der Waals surface area contributed by atoms with Crippen molar-refractivity contribution in [2.45, 2.75) is 82.7 Å². The number of hydrogen-bond acceptors (Lipinski definition) is 5. The summed E-state index contributed by atoms with van der Waals surface area (Å²) in [6.45, 7) is 0. The number of benzene rings is 1. The van der Waals surface area contributed by atoms with Crippen molar-refractivity contribution in [2.24, 2.45) is 5.92 Å². The molecule has 38 heavy (non-hydrogen) atoms. The van der Waals surface area contributed by atoms with Gasteiger partial charge in [0.1, 0.15) is 11.5 Å². The summed E-state index contributed by atoms with van der Waals surface area (Å²) < 4.78 is 1.93. The van der Waals surface area contributed by atoms with Crippen molar-refractivity contribution >= 4 is 23.3 Å². The van der Waals surface area contributed by atoms with Gasteiger partial charge in [0.2, 0.25) is 0 Å². The molecule has 2 saturated carbocycles. The molecule has 1 aromatic carbocycles. The largest absolute Gasteiger partial charge is 0.481 e. The second-order valence-corrected chi connectivity index (χ2v) is 10.7. The Balaban J connectivity index is 1.52. The smallest absolute Gasteiger partial charge is 0.305 e. The van der Waals surface area contributed by atoms with Gasteiger partial charge in [-0.3, -0.25) is 14.0 Å². The zero-order chi connectivity index (χ0) is 26.5. The number of carboxylic acid groups (broad SMARTS) is 1. The number of rotatable bonds is 8. The highest BCUT2D eigenvalue weighted by atomic mass is 16.4. The molecule has 198 valence electrons. The molecule has 2 aliphatic carbocycles. The van der Waals surface area contributed by atoms with Gasteiger partial charge >= 0.3 is 5.97 Å². The highest BCUT2D eigenvalue weighted by Gasteiger charge is 2.29. The van der Waals surface area contributed by atoms with E-state index in [0.29, 0.717) is 22.8 Å². The lowest BCUT2D eigenvalue weighted by Crippen LogP contribution is -2.42. The number of imidazole rings is 1. The second-order valence-electron chi connectivity index (χ2n) is 10.7. The van der Waals surface area contributed by atoms with Gasteiger partial charge in [-0.25, -0.2) is 4.98 Å². The van der Waals surface area contributed by atoms with Crippen molar-refractivity contribution in [2.75, 3.05) is 5.32 Å². The highest BCUT2D eigenvalue weighted by Crippen LogP contribution is 2.33. The minimum Gasteiger partial charge on any atom is -0.481 e. The molecule has 1 atom stereocenters. The number of nitriles is 1. The molecular formula is C30H35N5O3. The van der Waals surface area contributed by atoms with Crippen molar-refractivity contribution in [3.05, 3.63) is 53.7 Å². The van der Waals surface area contributed by atoms with Gasteiger partial charge in [0.15, 0.2) is 5.65 Å². The van der Waals surface area contributed by atoms with Crippen LogP contribution in [0.3, 0.4) is 0 Å². The third-order valence-corrected chi connectivity index (χ3v) is 8.06. The Morgan fingerprint density at radius 2 is 1.71 bits per heavy atom. The first-order valence-electron chi connectivity index (χ1n) is 13.8. The summed E-state index contributed by atoms with van der Waals surface area (Å²) in [6, 6.07) is 13.0. The minimum absolute atomic E-state index is 0.0844. The molecule has 0 radical (unpaired) electrons. The minimum atomic E-state index is -0.901. The van der Waals surface area contributed by atoms with E-state index in [9.17, 15) is 20.0 Å². The number of anilines is 1. The van der Waals surface area contributed by atoms with Gasteiger partial charge in [-0.15, -0.1) is 0 Å². The normalized spacial score (nSPS) is 17.6. The predicted octanol–water partition coefficient (Wildman–Crippen LogP) is 5.77. The molecule has 1 unspecified atom stereocenters. The van der Waals surface area contributed by atoms with Crippen molar-refractivity contribution in [1.82, 2.24) is 14.7 Å². The van der Waals surface area contributed by atoms with Gasteiger partial charge in [0, 0.05) is 23.8 Å². The Bertz CT molecular complexity index is 1330. The van der Waals surface area contributed by atoms with E-state index >= 15 is 0 Å². The Hall–Kier alpha value is -3.86. The summed E-state index contributed by atoms with van der Waals surface area (Å²) >= 11 is 0. The van der Waals surface area contributed by atoms with Gasteiger partial charge in [-0.05, 0) is 55.9 Å². The molecule has 8 nitrogen and oxygen atoms in total. The van der Waals surface area contributed by atoms with Crippen molar-refractivity contribution in [1.29, 1.82) is 5.26 Å². The lowest BCUT2D eigenvalue weighted by molar-refractivity contribution is -0.137. The number of pyridine rings is 1. The number of carbonyl (C=O) groups excluding carboxylic acids is 1. The van der Waals surface area contributed by atoms with Crippen LogP contribution in [0.4, 0.5) is 5.82 Å². The van der Waals surface area contributed by atoms with E-state index in [-0.39, 0.29) is 18.2 Å². The maximum Gasteiger partial charge on any atom is 0.305 e. The maximum atomic E-state index is 13.6. The number of nitrogens with zero attached hydrogens (tertiary/aromatic N) is 3. The van der Waals surface area contributed by atoms with Crippen molar-refractivity contribution in [3.8, 4) is 17.3 Å². The molecule has 2 aliphatic rings. The molecule has 0 bridgehead atoms. The fraction of sp³-hybridized carbons (Fsp3) is 0.467. The number of carboxylic acids is 1. The molecular weight excluding hydrogens is 478 g/mol. The first-order chi connectivity index (χ1) is 18.5. The van der Waals surface area contributed by atoms with Gasteiger partial charge in [-0.2, -0.15) is 5.26 Å². The summed E-state index contributed by atoms with van der Waals surface area (Å²) in [5.74, 6) is -0.198. The Kier molecular flexibility index (Phi) is 7.92. The molecule has 2 heterocycles. The van der Waals surface area contributed by atoms with Crippen LogP contribution in [0.1, 0.15) is 86.6 Å². The Labute approximate surface area is 223 Å². The van der Waals surface area contributed by atoms with Crippen LogP contribution in [0.25, 0.3) is 16.9 Å². The van der Waals surface area contributed by atoms with Crippen molar-refractivity contribution < 1.29 is 14.7 Å². The number of fused-ring (bicyclic) bond motifs is 1. The number of aromatic nitrogens is 2.